The maximum atomic E-state index is 11.7. The minimum absolute atomic E-state index is 0.0931. The van der Waals surface area contributed by atoms with Gasteiger partial charge >= 0.3 is 0 Å². The maximum absolute atomic E-state index is 11.7. The third kappa shape index (κ3) is 5.30. The molecule has 2 N–H and O–H groups in total. The number of hydrogen-bond acceptors (Lipinski definition) is 5. The molecule has 0 fully saturated rings. The van der Waals surface area contributed by atoms with E-state index in [1.807, 2.05) is 43.5 Å². The molecular weight excluding hydrogens is 330 g/mol. The van der Waals surface area contributed by atoms with Crippen LogP contribution in [0, 0.1) is 5.92 Å². The van der Waals surface area contributed by atoms with Crippen molar-refractivity contribution in [2.75, 3.05) is 12.4 Å². The second kappa shape index (κ2) is 8.03. The van der Waals surface area contributed by atoms with Crippen LogP contribution in [0.2, 0.25) is 0 Å². The molecule has 0 aliphatic carbocycles. The number of anilines is 1. The van der Waals surface area contributed by atoms with Gasteiger partial charge < -0.3 is 15.4 Å². The lowest BCUT2D eigenvalue weighted by molar-refractivity contribution is -0.120. The van der Waals surface area contributed by atoms with Crippen molar-refractivity contribution in [3.8, 4) is 17.0 Å². The Balaban J connectivity index is 1.96. The third-order valence-corrected chi connectivity index (χ3v) is 3.92. The molecule has 1 aromatic heterocycles. The fourth-order valence-electron chi connectivity index (χ4n) is 1.90. The first kappa shape index (κ1) is 17.4. The van der Waals surface area contributed by atoms with Crippen LogP contribution >= 0.6 is 23.6 Å². The van der Waals surface area contributed by atoms with Gasteiger partial charge in [0.15, 0.2) is 10.2 Å². The van der Waals surface area contributed by atoms with Gasteiger partial charge in [0.05, 0.1) is 12.8 Å². The summed E-state index contributed by atoms with van der Waals surface area (Å²) in [6.45, 7) is 3.97. The molecule has 0 saturated carbocycles. The van der Waals surface area contributed by atoms with Gasteiger partial charge in [-0.3, -0.25) is 4.79 Å². The first-order valence-corrected chi connectivity index (χ1v) is 8.47. The minimum Gasteiger partial charge on any atom is -0.497 e. The van der Waals surface area contributed by atoms with Crippen LogP contribution in [0.3, 0.4) is 0 Å². The lowest BCUT2D eigenvalue weighted by atomic mass is 10.1. The van der Waals surface area contributed by atoms with Crippen molar-refractivity contribution in [3.05, 3.63) is 29.6 Å². The zero-order chi connectivity index (χ0) is 16.8. The van der Waals surface area contributed by atoms with Crippen LogP contribution in [0.15, 0.2) is 29.6 Å². The number of nitrogens with zero attached hydrogens (tertiary/aromatic N) is 1. The van der Waals surface area contributed by atoms with Gasteiger partial charge in [0.25, 0.3) is 0 Å². The number of hydrogen-bond donors (Lipinski definition) is 2. The highest BCUT2D eigenvalue weighted by atomic mass is 32.1. The Kier molecular flexibility index (Phi) is 6.06. The Bertz CT molecular complexity index is 681. The van der Waals surface area contributed by atoms with Crippen molar-refractivity contribution >= 4 is 39.7 Å². The number of benzene rings is 1. The third-order valence-electron chi connectivity index (χ3n) is 2.96. The lowest BCUT2D eigenvalue weighted by Gasteiger charge is -2.08. The molecule has 2 rings (SSSR count). The molecule has 122 valence electrons. The first-order valence-electron chi connectivity index (χ1n) is 7.18. The van der Waals surface area contributed by atoms with Crippen LogP contribution in [0.1, 0.15) is 20.3 Å². The molecule has 0 aliphatic rings. The SMILES string of the molecule is COc1ccc(-c2csc(NC(=S)NC(=O)CC(C)C)n2)cc1. The smallest absolute Gasteiger partial charge is 0.226 e. The Hall–Kier alpha value is -1.99. The molecule has 2 aromatic rings. The molecule has 0 atom stereocenters. The Morgan fingerprint density at radius 3 is 2.65 bits per heavy atom. The van der Waals surface area contributed by atoms with E-state index in [0.29, 0.717) is 17.5 Å². The second-order valence-corrected chi connectivity index (χ2v) is 6.63. The normalized spacial score (nSPS) is 10.4. The number of amides is 1. The fourth-order valence-corrected chi connectivity index (χ4v) is 2.90. The van der Waals surface area contributed by atoms with Crippen molar-refractivity contribution < 1.29 is 9.53 Å². The van der Waals surface area contributed by atoms with E-state index in [-0.39, 0.29) is 11.0 Å². The van der Waals surface area contributed by atoms with Gasteiger partial charge in [0, 0.05) is 17.4 Å². The van der Waals surface area contributed by atoms with E-state index < -0.39 is 0 Å². The molecule has 0 unspecified atom stereocenters. The quantitative estimate of drug-likeness (QED) is 0.806. The van der Waals surface area contributed by atoms with Crippen LogP contribution in [0.4, 0.5) is 5.13 Å². The molecule has 7 heteroatoms. The topological polar surface area (TPSA) is 63.2 Å². The largest absolute Gasteiger partial charge is 0.497 e. The summed E-state index contributed by atoms with van der Waals surface area (Å²) in [4.78, 5) is 16.1. The van der Waals surface area contributed by atoms with Crippen molar-refractivity contribution in [1.29, 1.82) is 0 Å². The van der Waals surface area contributed by atoms with E-state index in [2.05, 4.69) is 15.6 Å². The molecule has 0 bridgehead atoms. The van der Waals surface area contributed by atoms with E-state index in [1.54, 1.807) is 7.11 Å². The summed E-state index contributed by atoms with van der Waals surface area (Å²) in [7, 11) is 1.63. The number of carbonyl (C=O) groups excluding carboxylic acids is 1. The Labute approximate surface area is 145 Å². The number of ether oxygens (including phenoxy) is 1. The summed E-state index contributed by atoms with van der Waals surface area (Å²) in [5.41, 5.74) is 1.83. The standard InChI is InChI=1S/C16H19N3O2S2/c1-10(2)8-14(20)18-15(22)19-16-17-13(9-23-16)11-4-6-12(21-3)7-5-11/h4-7,9-10H,8H2,1-3H3,(H2,17,18,19,20,22). The highest BCUT2D eigenvalue weighted by molar-refractivity contribution is 7.80. The summed E-state index contributed by atoms with van der Waals surface area (Å²) in [6, 6.07) is 7.66. The Morgan fingerprint density at radius 1 is 1.35 bits per heavy atom. The van der Waals surface area contributed by atoms with Crippen molar-refractivity contribution in [1.82, 2.24) is 10.3 Å². The van der Waals surface area contributed by atoms with Gasteiger partial charge in [-0.05, 0) is 42.4 Å². The molecular formula is C16H19N3O2S2. The van der Waals surface area contributed by atoms with E-state index in [0.717, 1.165) is 17.0 Å². The van der Waals surface area contributed by atoms with Crippen LogP contribution in [0.25, 0.3) is 11.3 Å². The molecule has 0 spiro atoms. The maximum Gasteiger partial charge on any atom is 0.226 e. The molecule has 1 aromatic carbocycles. The summed E-state index contributed by atoms with van der Waals surface area (Å²) in [6.07, 6.45) is 0.441. The van der Waals surface area contributed by atoms with E-state index >= 15 is 0 Å². The summed E-state index contributed by atoms with van der Waals surface area (Å²) < 4.78 is 5.14. The van der Waals surface area contributed by atoms with Crippen LogP contribution in [-0.4, -0.2) is 23.1 Å². The molecule has 1 heterocycles. The van der Waals surface area contributed by atoms with Gasteiger partial charge in [-0.25, -0.2) is 4.98 Å². The van der Waals surface area contributed by atoms with Crippen molar-refractivity contribution in [2.24, 2.45) is 5.92 Å². The lowest BCUT2D eigenvalue weighted by Crippen LogP contribution is -2.34. The number of nitrogens with one attached hydrogen (secondary N) is 2. The number of methoxy groups -OCH3 is 1. The highest BCUT2D eigenvalue weighted by Crippen LogP contribution is 2.26. The van der Waals surface area contributed by atoms with Crippen molar-refractivity contribution in [3.63, 3.8) is 0 Å². The minimum atomic E-state index is -0.0931. The number of aromatic nitrogens is 1. The van der Waals surface area contributed by atoms with E-state index in [4.69, 9.17) is 17.0 Å². The first-order chi connectivity index (χ1) is 11.0. The number of rotatable bonds is 5. The van der Waals surface area contributed by atoms with Gasteiger partial charge in [-0.1, -0.05) is 13.8 Å². The summed E-state index contributed by atoms with van der Waals surface area (Å²) in [5.74, 6) is 1.00. The number of thiocarbonyl (C=S) groups is 1. The molecule has 23 heavy (non-hydrogen) atoms. The molecule has 0 aliphatic heterocycles. The van der Waals surface area contributed by atoms with Crippen LogP contribution in [0.5, 0.6) is 5.75 Å². The summed E-state index contributed by atoms with van der Waals surface area (Å²) >= 11 is 6.56. The molecule has 0 radical (unpaired) electrons. The van der Waals surface area contributed by atoms with Gasteiger partial charge in [0.2, 0.25) is 5.91 Å². The fraction of sp³-hybridized carbons (Fsp3) is 0.312. The summed E-state index contributed by atoms with van der Waals surface area (Å²) in [5, 5.41) is 8.44. The highest BCUT2D eigenvalue weighted by Gasteiger charge is 2.09. The Morgan fingerprint density at radius 2 is 2.04 bits per heavy atom. The van der Waals surface area contributed by atoms with Crippen LogP contribution < -0.4 is 15.4 Å². The van der Waals surface area contributed by atoms with Crippen molar-refractivity contribution in [2.45, 2.75) is 20.3 Å². The molecule has 1 amide bonds. The monoisotopic (exact) mass is 349 g/mol. The predicted octanol–water partition coefficient (Wildman–Crippen LogP) is 3.68. The van der Waals surface area contributed by atoms with E-state index in [1.165, 1.54) is 11.3 Å². The zero-order valence-corrected chi connectivity index (χ0v) is 14.9. The predicted molar refractivity (Wildman–Crippen MR) is 97.9 cm³/mol. The van der Waals surface area contributed by atoms with E-state index in [9.17, 15) is 4.79 Å². The van der Waals surface area contributed by atoms with Gasteiger partial charge in [-0.15, -0.1) is 11.3 Å². The zero-order valence-electron chi connectivity index (χ0n) is 13.3. The van der Waals surface area contributed by atoms with Gasteiger partial charge in [0.1, 0.15) is 5.75 Å². The second-order valence-electron chi connectivity index (χ2n) is 5.37. The average molecular weight is 349 g/mol. The number of thiazole rings is 1. The van der Waals surface area contributed by atoms with Gasteiger partial charge in [-0.2, -0.15) is 0 Å². The molecule has 5 nitrogen and oxygen atoms in total. The number of carbonyl (C=O) groups is 1. The molecule has 0 saturated heterocycles. The van der Waals surface area contributed by atoms with Crippen LogP contribution in [-0.2, 0) is 4.79 Å². The average Bonchev–Trinajstić information content (AvgIpc) is 2.94.